The summed E-state index contributed by atoms with van der Waals surface area (Å²) in [4.78, 5) is 0. The topological polar surface area (TPSA) is 12.0 Å². The highest BCUT2D eigenvalue weighted by molar-refractivity contribution is 8.06. The fourth-order valence-corrected chi connectivity index (χ4v) is 5.42. The van der Waals surface area contributed by atoms with Gasteiger partial charge in [0.05, 0.1) is 0 Å². The summed E-state index contributed by atoms with van der Waals surface area (Å²) >= 11 is 10.0. The minimum absolute atomic E-state index is 0.147. The van der Waals surface area contributed by atoms with E-state index < -0.39 is 0 Å². The first kappa shape index (κ1) is 16.5. The number of benzene rings is 1. The number of nitrogens with one attached hydrogen (secondary N) is 1. The van der Waals surface area contributed by atoms with Gasteiger partial charge in [0.25, 0.3) is 0 Å². The molecule has 5 heteroatoms. The smallest absolute Gasteiger partial charge is 0.126 e. The maximum absolute atomic E-state index is 13.9. The predicted octanol–water partition coefficient (Wildman–Crippen LogP) is 4.24. The molecular weight excluding hydrogens is 313 g/mol. The molecule has 1 nitrogen and oxygen atoms in total. The summed E-state index contributed by atoms with van der Waals surface area (Å²) in [5.41, 5.74) is 0.724. The van der Waals surface area contributed by atoms with E-state index in [1.54, 1.807) is 12.1 Å². The van der Waals surface area contributed by atoms with Crippen LogP contribution in [0.5, 0.6) is 0 Å². The fraction of sp³-hybridized carbons (Fsp3) is 0.600. The maximum Gasteiger partial charge on any atom is 0.126 e. The minimum Gasteiger partial charge on any atom is -0.313 e. The molecule has 20 heavy (non-hydrogen) atoms. The summed E-state index contributed by atoms with van der Waals surface area (Å²) < 4.78 is 13.9. The SMILES string of the molecule is CCCNC(Cc1cc(Cl)ccc1F)C1CSCCS1. The van der Waals surface area contributed by atoms with Crippen LogP contribution in [-0.4, -0.2) is 35.1 Å². The van der Waals surface area contributed by atoms with E-state index >= 15 is 0 Å². The molecule has 0 aromatic heterocycles. The highest BCUT2D eigenvalue weighted by Gasteiger charge is 2.25. The number of hydrogen-bond donors (Lipinski definition) is 1. The standard InChI is InChI=1S/C15H21ClFNS2/c1-2-5-18-14(15-10-19-6-7-20-15)9-11-8-12(16)3-4-13(11)17/h3-4,8,14-15,18H,2,5-7,9-10H2,1H3. The van der Waals surface area contributed by atoms with Crippen LogP contribution in [-0.2, 0) is 6.42 Å². The first-order chi connectivity index (χ1) is 9.70. The van der Waals surface area contributed by atoms with E-state index in [-0.39, 0.29) is 5.82 Å². The monoisotopic (exact) mass is 333 g/mol. The van der Waals surface area contributed by atoms with Gasteiger partial charge in [0, 0.05) is 33.6 Å². The Hall–Kier alpha value is 0.1000. The highest BCUT2D eigenvalue weighted by atomic mass is 35.5. The molecule has 2 rings (SSSR count). The molecule has 0 saturated carbocycles. The van der Waals surface area contributed by atoms with Gasteiger partial charge in [-0.1, -0.05) is 18.5 Å². The molecule has 1 N–H and O–H groups in total. The lowest BCUT2D eigenvalue weighted by atomic mass is 10.0. The van der Waals surface area contributed by atoms with Crippen molar-refractivity contribution >= 4 is 35.1 Å². The predicted molar refractivity (Wildman–Crippen MR) is 90.8 cm³/mol. The summed E-state index contributed by atoms with van der Waals surface area (Å²) in [6.45, 7) is 3.14. The second-order valence-corrected chi connectivity index (χ2v) is 7.92. The lowest BCUT2D eigenvalue weighted by Gasteiger charge is -2.30. The van der Waals surface area contributed by atoms with Crippen molar-refractivity contribution in [2.45, 2.75) is 31.1 Å². The Balaban J connectivity index is 2.07. The lowest BCUT2D eigenvalue weighted by molar-refractivity contribution is 0.493. The van der Waals surface area contributed by atoms with Crippen LogP contribution in [0.25, 0.3) is 0 Å². The Morgan fingerprint density at radius 3 is 3.00 bits per heavy atom. The molecule has 0 aliphatic carbocycles. The Labute approximate surface area is 134 Å². The van der Waals surface area contributed by atoms with Crippen molar-refractivity contribution in [3.8, 4) is 0 Å². The summed E-state index contributed by atoms with van der Waals surface area (Å²) in [6, 6.07) is 5.16. The molecule has 1 aromatic rings. The van der Waals surface area contributed by atoms with Crippen molar-refractivity contribution < 1.29 is 4.39 Å². The van der Waals surface area contributed by atoms with E-state index in [0.29, 0.717) is 22.7 Å². The van der Waals surface area contributed by atoms with Crippen LogP contribution in [0.15, 0.2) is 18.2 Å². The normalized spacial score (nSPS) is 20.9. The van der Waals surface area contributed by atoms with E-state index in [9.17, 15) is 4.39 Å². The zero-order valence-electron chi connectivity index (χ0n) is 11.7. The summed E-state index contributed by atoms with van der Waals surface area (Å²) in [7, 11) is 0. The number of rotatable bonds is 6. The van der Waals surface area contributed by atoms with Gasteiger partial charge in [0.1, 0.15) is 5.82 Å². The Kier molecular flexibility index (Phi) is 7.02. The summed E-state index contributed by atoms with van der Waals surface area (Å²) in [5.74, 6) is 3.42. The van der Waals surface area contributed by atoms with Gasteiger partial charge in [-0.2, -0.15) is 23.5 Å². The van der Waals surface area contributed by atoms with Gasteiger partial charge >= 0.3 is 0 Å². The lowest BCUT2D eigenvalue weighted by Crippen LogP contribution is -2.43. The molecule has 0 amide bonds. The number of hydrogen-bond acceptors (Lipinski definition) is 3. The third kappa shape index (κ3) is 4.83. The molecule has 1 aromatic carbocycles. The molecule has 0 bridgehead atoms. The van der Waals surface area contributed by atoms with Crippen LogP contribution in [0.4, 0.5) is 4.39 Å². The average Bonchev–Trinajstić information content (AvgIpc) is 2.48. The largest absolute Gasteiger partial charge is 0.313 e. The van der Waals surface area contributed by atoms with Crippen LogP contribution in [0.1, 0.15) is 18.9 Å². The van der Waals surface area contributed by atoms with Crippen LogP contribution in [0.2, 0.25) is 5.02 Å². The van der Waals surface area contributed by atoms with Gasteiger partial charge in [-0.05, 0) is 43.1 Å². The molecule has 112 valence electrons. The molecule has 1 aliphatic rings. The van der Waals surface area contributed by atoms with E-state index in [1.165, 1.54) is 17.6 Å². The first-order valence-corrected chi connectivity index (χ1v) is 9.65. The maximum atomic E-state index is 13.9. The quantitative estimate of drug-likeness (QED) is 0.836. The molecule has 1 heterocycles. The third-order valence-electron chi connectivity index (χ3n) is 3.39. The third-order valence-corrected chi connectivity index (χ3v) is 6.55. The van der Waals surface area contributed by atoms with Crippen LogP contribution >= 0.6 is 35.1 Å². The average molecular weight is 334 g/mol. The molecule has 2 atom stereocenters. The molecule has 0 radical (unpaired) electrons. The molecular formula is C15H21ClFNS2. The summed E-state index contributed by atoms with van der Waals surface area (Å²) in [6.07, 6.45) is 1.81. The van der Waals surface area contributed by atoms with Crippen molar-refractivity contribution in [2.75, 3.05) is 23.8 Å². The molecule has 2 unspecified atom stereocenters. The van der Waals surface area contributed by atoms with Crippen LogP contribution in [0, 0.1) is 5.82 Å². The molecule has 1 saturated heterocycles. The van der Waals surface area contributed by atoms with E-state index in [4.69, 9.17) is 11.6 Å². The van der Waals surface area contributed by atoms with E-state index in [1.807, 2.05) is 23.5 Å². The summed E-state index contributed by atoms with van der Waals surface area (Å²) in [5, 5.41) is 4.76. The van der Waals surface area contributed by atoms with Crippen molar-refractivity contribution in [1.82, 2.24) is 5.32 Å². The van der Waals surface area contributed by atoms with Gasteiger partial charge in [-0.15, -0.1) is 0 Å². The van der Waals surface area contributed by atoms with Crippen LogP contribution < -0.4 is 5.32 Å². The van der Waals surface area contributed by atoms with Crippen LogP contribution in [0.3, 0.4) is 0 Å². The van der Waals surface area contributed by atoms with Gasteiger partial charge < -0.3 is 5.32 Å². The minimum atomic E-state index is -0.147. The molecule has 1 fully saturated rings. The zero-order valence-corrected chi connectivity index (χ0v) is 14.1. The van der Waals surface area contributed by atoms with Gasteiger partial charge in [0.15, 0.2) is 0 Å². The Morgan fingerprint density at radius 1 is 1.45 bits per heavy atom. The number of halogens is 2. The van der Waals surface area contributed by atoms with E-state index in [0.717, 1.165) is 24.3 Å². The van der Waals surface area contributed by atoms with Gasteiger partial charge in [-0.3, -0.25) is 0 Å². The number of thioether (sulfide) groups is 2. The Morgan fingerprint density at radius 2 is 2.30 bits per heavy atom. The van der Waals surface area contributed by atoms with Gasteiger partial charge in [-0.25, -0.2) is 4.39 Å². The molecule has 0 spiro atoms. The zero-order chi connectivity index (χ0) is 14.4. The fourth-order valence-electron chi connectivity index (χ4n) is 2.34. The highest BCUT2D eigenvalue weighted by Crippen LogP contribution is 2.28. The van der Waals surface area contributed by atoms with E-state index in [2.05, 4.69) is 12.2 Å². The second-order valence-electron chi connectivity index (χ2n) is 4.98. The first-order valence-electron chi connectivity index (χ1n) is 7.07. The van der Waals surface area contributed by atoms with Crippen molar-refractivity contribution in [3.05, 3.63) is 34.6 Å². The second kappa shape index (κ2) is 8.52. The molecule has 1 aliphatic heterocycles. The van der Waals surface area contributed by atoms with Crippen molar-refractivity contribution in [1.29, 1.82) is 0 Å². The Bertz CT molecular complexity index is 424. The van der Waals surface area contributed by atoms with Crippen molar-refractivity contribution in [2.24, 2.45) is 0 Å². The van der Waals surface area contributed by atoms with Gasteiger partial charge in [0.2, 0.25) is 0 Å². The van der Waals surface area contributed by atoms with Crippen molar-refractivity contribution in [3.63, 3.8) is 0 Å².